The minimum absolute atomic E-state index is 0.120. The van der Waals surface area contributed by atoms with Crippen LogP contribution in [0.2, 0.25) is 0 Å². The molecule has 19 heavy (non-hydrogen) atoms. The van der Waals surface area contributed by atoms with E-state index in [4.69, 9.17) is 5.26 Å². The number of aromatic nitrogens is 2. The van der Waals surface area contributed by atoms with Gasteiger partial charge in [0.1, 0.15) is 10.9 Å². The summed E-state index contributed by atoms with van der Waals surface area (Å²) in [6, 6.07) is 4.81. The maximum absolute atomic E-state index is 11.9. The Morgan fingerprint density at radius 3 is 3.00 bits per heavy atom. The van der Waals surface area contributed by atoms with Crippen LogP contribution < -0.4 is 10.9 Å². The zero-order valence-corrected chi connectivity index (χ0v) is 10.9. The van der Waals surface area contributed by atoms with Crippen LogP contribution in [-0.4, -0.2) is 15.5 Å². The topological polar surface area (TPSA) is 87.8 Å². The van der Waals surface area contributed by atoms with Gasteiger partial charge < -0.3 is 9.88 Å². The molecule has 1 N–H and O–H groups in total. The SMILES string of the molecule is CCn1cc(NC(=O)c2cnc(C#N)s2)ccc1=O. The molecule has 0 aliphatic carbocycles. The second kappa shape index (κ2) is 5.46. The molecule has 7 heteroatoms. The van der Waals surface area contributed by atoms with E-state index in [-0.39, 0.29) is 16.5 Å². The Hall–Kier alpha value is -2.46. The minimum atomic E-state index is -0.347. The third-order valence-electron chi connectivity index (χ3n) is 2.41. The number of nitrogens with one attached hydrogen (secondary N) is 1. The average Bonchev–Trinajstić information content (AvgIpc) is 2.90. The van der Waals surface area contributed by atoms with Crippen LogP contribution in [0.5, 0.6) is 0 Å². The summed E-state index contributed by atoms with van der Waals surface area (Å²) in [6.45, 7) is 2.37. The van der Waals surface area contributed by atoms with Crippen LogP contribution in [0.15, 0.2) is 29.3 Å². The predicted molar refractivity (Wildman–Crippen MR) is 71.2 cm³/mol. The number of nitriles is 1. The number of amides is 1. The smallest absolute Gasteiger partial charge is 0.267 e. The molecule has 0 unspecified atom stereocenters. The summed E-state index contributed by atoms with van der Waals surface area (Å²) >= 11 is 1.02. The Labute approximate surface area is 113 Å². The lowest BCUT2D eigenvalue weighted by atomic mass is 10.4. The van der Waals surface area contributed by atoms with Gasteiger partial charge in [0.15, 0.2) is 5.01 Å². The van der Waals surface area contributed by atoms with Crippen molar-refractivity contribution in [2.45, 2.75) is 13.5 Å². The molecule has 2 aromatic heterocycles. The zero-order chi connectivity index (χ0) is 13.8. The van der Waals surface area contributed by atoms with Gasteiger partial charge in [-0.2, -0.15) is 5.26 Å². The first kappa shape index (κ1) is 13.0. The fourth-order valence-corrected chi connectivity index (χ4v) is 2.08. The van der Waals surface area contributed by atoms with Crippen molar-refractivity contribution in [2.24, 2.45) is 0 Å². The highest BCUT2D eigenvalue weighted by molar-refractivity contribution is 7.14. The van der Waals surface area contributed by atoms with Crippen LogP contribution >= 0.6 is 11.3 Å². The van der Waals surface area contributed by atoms with Crippen molar-refractivity contribution in [3.63, 3.8) is 0 Å². The van der Waals surface area contributed by atoms with Gasteiger partial charge in [-0.3, -0.25) is 9.59 Å². The maximum atomic E-state index is 11.9. The number of aryl methyl sites for hydroxylation is 1. The third kappa shape index (κ3) is 2.86. The molecule has 0 fully saturated rings. The highest BCUT2D eigenvalue weighted by atomic mass is 32.1. The van der Waals surface area contributed by atoms with Gasteiger partial charge >= 0.3 is 0 Å². The summed E-state index contributed by atoms with van der Waals surface area (Å²) in [4.78, 5) is 27.4. The molecule has 1 amide bonds. The molecule has 0 aliphatic rings. The molecule has 0 saturated heterocycles. The van der Waals surface area contributed by atoms with E-state index in [9.17, 15) is 9.59 Å². The normalized spacial score (nSPS) is 9.89. The van der Waals surface area contributed by atoms with Crippen molar-refractivity contribution in [3.05, 3.63) is 44.8 Å². The highest BCUT2D eigenvalue weighted by Gasteiger charge is 2.11. The number of rotatable bonds is 3. The molecule has 0 bridgehead atoms. The van der Waals surface area contributed by atoms with Crippen LogP contribution in [0, 0.1) is 11.3 Å². The summed E-state index contributed by atoms with van der Waals surface area (Å²) in [5.74, 6) is -0.347. The van der Waals surface area contributed by atoms with Crippen LogP contribution in [0.1, 0.15) is 21.6 Å². The number of hydrogen-bond acceptors (Lipinski definition) is 5. The van der Waals surface area contributed by atoms with Crippen LogP contribution in [0.4, 0.5) is 5.69 Å². The summed E-state index contributed by atoms with van der Waals surface area (Å²) in [5.41, 5.74) is 0.406. The molecular weight excluding hydrogens is 264 g/mol. The quantitative estimate of drug-likeness (QED) is 0.917. The van der Waals surface area contributed by atoms with E-state index < -0.39 is 0 Å². The van der Waals surface area contributed by atoms with E-state index >= 15 is 0 Å². The number of nitrogens with zero attached hydrogens (tertiary/aromatic N) is 3. The van der Waals surface area contributed by atoms with Gasteiger partial charge in [0.05, 0.1) is 11.9 Å². The molecule has 0 radical (unpaired) electrons. The Balaban J connectivity index is 2.19. The molecule has 0 spiro atoms. The predicted octanol–water partition coefficient (Wildman–Crippen LogP) is 1.45. The van der Waals surface area contributed by atoms with E-state index in [1.807, 2.05) is 13.0 Å². The van der Waals surface area contributed by atoms with E-state index in [0.29, 0.717) is 17.1 Å². The van der Waals surface area contributed by atoms with Gasteiger partial charge in [0.25, 0.3) is 11.5 Å². The first-order valence-corrected chi connectivity index (χ1v) is 6.33. The van der Waals surface area contributed by atoms with E-state index in [1.54, 1.807) is 12.3 Å². The molecule has 2 rings (SSSR count). The molecular formula is C12H10N4O2S. The van der Waals surface area contributed by atoms with Gasteiger partial charge in [0.2, 0.25) is 0 Å². The summed E-state index contributed by atoms with van der Waals surface area (Å²) in [6.07, 6.45) is 2.93. The van der Waals surface area contributed by atoms with Crippen LogP contribution in [0.25, 0.3) is 0 Å². The number of pyridine rings is 1. The van der Waals surface area contributed by atoms with Crippen molar-refractivity contribution in [3.8, 4) is 6.07 Å². The molecule has 2 heterocycles. The Morgan fingerprint density at radius 2 is 2.37 bits per heavy atom. The number of carbonyl (C=O) groups is 1. The monoisotopic (exact) mass is 274 g/mol. The van der Waals surface area contributed by atoms with E-state index in [2.05, 4.69) is 10.3 Å². The molecule has 6 nitrogen and oxygen atoms in total. The number of carbonyl (C=O) groups excluding carboxylic acids is 1. The molecule has 0 aliphatic heterocycles. The molecule has 96 valence electrons. The summed E-state index contributed by atoms with van der Waals surface area (Å²) in [7, 11) is 0. The summed E-state index contributed by atoms with van der Waals surface area (Å²) < 4.78 is 1.49. The molecule has 0 atom stereocenters. The van der Waals surface area contributed by atoms with E-state index in [0.717, 1.165) is 11.3 Å². The van der Waals surface area contributed by atoms with Gasteiger partial charge in [-0.25, -0.2) is 4.98 Å². The number of hydrogen-bond donors (Lipinski definition) is 1. The van der Waals surface area contributed by atoms with Gasteiger partial charge in [-0.1, -0.05) is 11.3 Å². The number of anilines is 1. The molecule has 0 aromatic carbocycles. The van der Waals surface area contributed by atoms with Crippen LogP contribution in [0.3, 0.4) is 0 Å². The summed E-state index contributed by atoms with van der Waals surface area (Å²) in [5, 5.41) is 11.5. The maximum Gasteiger partial charge on any atom is 0.267 e. The molecule has 0 saturated carbocycles. The van der Waals surface area contributed by atoms with Gasteiger partial charge in [0, 0.05) is 18.8 Å². The minimum Gasteiger partial charge on any atom is -0.320 e. The average molecular weight is 274 g/mol. The van der Waals surface area contributed by atoms with Crippen molar-refractivity contribution in [1.82, 2.24) is 9.55 Å². The fraction of sp³-hybridized carbons (Fsp3) is 0.167. The van der Waals surface area contributed by atoms with Crippen molar-refractivity contribution < 1.29 is 4.79 Å². The first-order chi connectivity index (χ1) is 9.13. The van der Waals surface area contributed by atoms with Crippen molar-refractivity contribution in [2.75, 3.05) is 5.32 Å². The van der Waals surface area contributed by atoms with Gasteiger partial charge in [-0.05, 0) is 13.0 Å². The Morgan fingerprint density at radius 1 is 1.58 bits per heavy atom. The second-order valence-electron chi connectivity index (χ2n) is 3.64. The van der Waals surface area contributed by atoms with E-state index in [1.165, 1.54) is 16.8 Å². The Bertz CT molecular complexity index is 711. The fourth-order valence-electron chi connectivity index (χ4n) is 1.48. The van der Waals surface area contributed by atoms with Crippen LogP contribution in [-0.2, 0) is 6.54 Å². The van der Waals surface area contributed by atoms with Gasteiger partial charge in [-0.15, -0.1) is 0 Å². The standard InChI is InChI=1S/C12H10N4O2S/c1-2-16-7-8(3-4-11(16)17)15-12(18)9-6-14-10(5-13)19-9/h3-4,6-7H,2H2,1H3,(H,15,18). The lowest BCUT2D eigenvalue weighted by molar-refractivity contribution is 0.103. The second-order valence-corrected chi connectivity index (χ2v) is 4.67. The number of thiazole rings is 1. The largest absolute Gasteiger partial charge is 0.320 e. The first-order valence-electron chi connectivity index (χ1n) is 5.52. The van der Waals surface area contributed by atoms with Crippen molar-refractivity contribution >= 4 is 22.9 Å². The lowest BCUT2D eigenvalue weighted by Crippen LogP contribution is -2.19. The Kier molecular flexibility index (Phi) is 3.73. The van der Waals surface area contributed by atoms with Crippen molar-refractivity contribution in [1.29, 1.82) is 5.26 Å². The third-order valence-corrected chi connectivity index (χ3v) is 3.31. The zero-order valence-electron chi connectivity index (χ0n) is 10.1. The lowest BCUT2D eigenvalue weighted by Gasteiger charge is -2.06. The highest BCUT2D eigenvalue weighted by Crippen LogP contribution is 2.14. The molecule has 2 aromatic rings.